The number of likely N-dealkylation sites (tertiary alicyclic amines) is 1. The van der Waals surface area contributed by atoms with Gasteiger partial charge in [0.15, 0.2) is 0 Å². The van der Waals surface area contributed by atoms with Crippen LogP contribution in [-0.4, -0.2) is 66.1 Å². The Morgan fingerprint density at radius 3 is 2.46 bits per heavy atom. The number of aromatic nitrogens is 5. The van der Waals surface area contributed by atoms with Crippen LogP contribution in [0, 0.1) is 11.3 Å². The van der Waals surface area contributed by atoms with Crippen LogP contribution in [0.4, 0.5) is 10.6 Å². The number of pyridine rings is 2. The molecule has 10 heteroatoms. The summed E-state index contributed by atoms with van der Waals surface area (Å²) in [6, 6.07) is 8.83. The van der Waals surface area contributed by atoms with E-state index in [0.29, 0.717) is 18.7 Å². The molecule has 6 rings (SSSR count). The summed E-state index contributed by atoms with van der Waals surface area (Å²) in [5.41, 5.74) is 4.46. The molecule has 0 radical (unpaired) electrons. The molecule has 2 bridgehead atoms. The third-order valence-corrected chi connectivity index (χ3v) is 6.94. The number of hydrogen-bond acceptors (Lipinski definition) is 7. The van der Waals surface area contributed by atoms with Crippen molar-refractivity contribution in [3.8, 4) is 28.3 Å². The Kier molecular flexibility index (Phi) is 5.19. The van der Waals surface area contributed by atoms with Crippen molar-refractivity contribution in [1.29, 1.82) is 5.26 Å². The van der Waals surface area contributed by atoms with E-state index in [1.807, 2.05) is 64.7 Å². The van der Waals surface area contributed by atoms with Crippen molar-refractivity contribution < 1.29 is 9.53 Å². The first-order valence-electron chi connectivity index (χ1n) is 12.3. The molecule has 0 N–H and O–H groups in total. The topological polar surface area (TPSA) is 105 Å². The van der Waals surface area contributed by atoms with Crippen molar-refractivity contribution in [3.05, 3.63) is 54.7 Å². The third-order valence-electron chi connectivity index (χ3n) is 6.94. The van der Waals surface area contributed by atoms with Crippen molar-refractivity contribution in [2.75, 3.05) is 18.0 Å². The summed E-state index contributed by atoms with van der Waals surface area (Å²) in [6.45, 7) is 6.92. The number of rotatable bonds is 3. The van der Waals surface area contributed by atoms with Crippen molar-refractivity contribution in [2.24, 2.45) is 7.05 Å². The smallest absolute Gasteiger partial charge is 0.410 e. The first kappa shape index (κ1) is 23.0. The summed E-state index contributed by atoms with van der Waals surface area (Å²) >= 11 is 0. The highest BCUT2D eigenvalue weighted by Gasteiger charge is 2.47. The van der Waals surface area contributed by atoms with Gasteiger partial charge in [0.25, 0.3) is 0 Å². The second kappa shape index (κ2) is 8.34. The average Bonchev–Trinajstić information content (AvgIpc) is 3.49. The van der Waals surface area contributed by atoms with E-state index in [0.717, 1.165) is 40.0 Å². The van der Waals surface area contributed by atoms with Crippen LogP contribution in [0.2, 0.25) is 0 Å². The van der Waals surface area contributed by atoms with Crippen LogP contribution in [-0.2, 0) is 11.8 Å². The summed E-state index contributed by atoms with van der Waals surface area (Å²) in [4.78, 5) is 21.4. The maximum atomic E-state index is 12.5. The van der Waals surface area contributed by atoms with Crippen molar-refractivity contribution in [1.82, 2.24) is 29.3 Å². The largest absolute Gasteiger partial charge is 0.444 e. The number of carbonyl (C=O) groups excluding carboxylic acids is 1. The fourth-order valence-corrected chi connectivity index (χ4v) is 5.31. The van der Waals surface area contributed by atoms with E-state index < -0.39 is 5.60 Å². The number of carbonyl (C=O) groups is 1. The molecule has 2 fully saturated rings. The average molecular weight is 497 g/mol. The molecule has 4 aromatic rings. The van der Waals surface area contributed by atoms with E-state index in [1.54, 1.807) is 20.3 Å². The molecule has 1 amide bonds. The quantitative estimate of drug-likeness (QED) is 0.424. The van der Waals surface area contributed by atoms with Crippen molar-refractivity contribution in [3.63, 3.8) is 0 Å². The third kappa shape index (κ3) is 4.06. The zero-order valence-corrected chi connectivity index (χ0v) is 21.3. The molecule has 2 atom stereocenters. The van der Waals surface area contributed by atoms with Gasteiger partial charge in [-0.15, -0.1) is 0 Å². The number of ether oxygens (including phenoxy) is 1. The van der Waals surface area contributed by atoms with Gasteiger partial charge < -0.3 is 14.5 Å². The number of anilines is 1. The van der Waals surface area contributed by atoms with E-state index in [9.17, 15) is 10.1 Å². The van der Waals surface area contributed by atoms with Gasteiger partial charge in [-0.05, 0) is 45.4 Å². The van der Waals surface area contributed by atoms with Crippen LogP contribution < -0.4 is 4.90 Å². The molecule has 37 heavy (non-hydrogen) atoms. The normalized spacial score (nSPS) is 19.0. The summed E-state index contributed by atoms with van der Waals surface area (Å²) in [7, 11) is 1.88. The molecule has 2 aliphatic rings. The summed E-state index contributed by atoms with van der Waals surface area (Å²) in [5.74, 6) is 0.891. The molecule has 0 aliphatic carbocycles. The Balaban J connectivity index is 1.28. The molecule has 0 saturated carbocycles. The van der Waals surface area contributed by atoms with E-state index in [-0.39, 0.29) is 18.2 Å². The summed E-state index contributed by atoms with van der Waals surface area (Å²) < 4.78 is 9.06. The SMILES string of the molecule is Cn1cc(-c2cc(-c3ccc(N4C5CC4CN(C(=O)OC(C)(C)C)C5)nc3)c3c(C#N)cnn3c2)cn1. The van der Waals surface area contributed by atoms with Gasteiger partial charge in [0.05, 0.1) is 35.6 Å². The molecule has 188 valence electrons. The number of hydrogen-bond donors (Lipinski definition) is 0. The van der Waals surface area contributed by atoms with E-state index in [1.165, 1.54) is 0 Å². The Hall–Kier alpha value is -4.39. The predicted octanol–water partition coefficient (Wildman–Crippen LogP) is 3.87. The number of nitrogens with zero attached hydrogens (tertiary/aromatic N) is 8. The molecule has 0 spiro atoms. The molecular weight excluding hydrogens is 468 g/mol. The van der Waals surface area contributed by atoms with Crippen LogP contribution in [0.15, 0.2) is 49.2 Å². The lowest BCUT2D eigenvalue weighted by molar-refractivity contribution is 0.00843. The Morgan fingerprint density at radius 2 is 1.84 bits per heavy atom. The van der Waals surface area contributed by atoms with Gasteiger partial charge >= 0.3 is 6.09 Å². The van der Waals surface area contributed by atoms with Crippen LogP contribution in [0.3, 0.4) is 0 Å². The van der Waals surface area contributed by atoms with Crippen LogP contribution in [0.5, 0.6) is 0 Å². The zero-order chi connectivity index (χ0) is 25.9. The molecule has 10 nitrogen and oxygen atoms in total. The van der Waals surface area contributed by atoms with Crippen LogP contribution in [0.25, 0.3) is 27.8 Å². The van der Waals surface area contributed by atoms with Gasteiger partial charge in [-0.2, -0.15) is 15.5 Å². The number of nitriles is 1. The van der Waals surface area contributed by atoms with Crippen molar-refractivity contribution >= 4 is 17.4 Å². The zero-order valence-electron chi connectivity index (χ0n) is 21.3. The molecule has 2 saturated heterocycles. The minimum absolute atomic E-state index is 0.227. The highest BCUT2D eigenvalue weighted by Crippen LogP contribution is 2.38. The number of amides is 1. The summed E-state index contributed by atoms with van der Waals surface area (Å²) in [5, 5.41) is 18.4. The first-order chi connectivity index (χ1) is 17.7. The maximum Gasteiger partial charge on any atom is 0.410 e. The molecule has 0 aromatic carbocycles. The maximum absolute atomic E-state index is 12.5. The van der Waals surface area contributed by atoms with Gasteiger partial charge in [0.1, 0.15) is 17.5 Å². The van der Waals surface area contributed by atoms with E-state index >= 15 is 0 Å². The number of piperazine rings is 1. The molecule has 4 aromatic heterocycles. The molecule has 6 heterocycles. The monoisotopic (exact) mass is 496 g/mol. The van der Waals surface area contributed by atoms with Gasteiger partial charge in [0, 0.05) is 61.0 Å². The number of aryl methyl sites for hydroxylation is 1. The highest BCUT2D eigenvalue weighted by molar-refractivity contribution is 5.87. The Morgan fingerprint density at radius 1 is 1.05 bits per heavy atom. The second-order valence-electron chi connectivity index (χ2n) is 10.7. The fourth-order valence-electron chi connectivity index (χ4n) is 5.31. The van der Waals surface area contributed by atoms with E-state index in [4.69, 9.17) is 9.72 Å². The minimum atomic E-state index is -0.504. The Bertz CT molecular complexity index is 1530. The number of piperidine rings is 1. The summed E-state index contributed by atoms with van der Waals surface area (Å²) in [6.07, 6.45) is 9.90. The van der Waals surface area contributed by atoms with Crippen LogP contribution in [0.1, 0.15) is 32.8 Å². The van der Waals surface area contributed by atoms with Gasteiger partial charge in [-0.3, -0.25) is 4.68 Å². The second-order valence-corrected chi connectivity index (χ2v) is 10.7. The van der Waals surface area contributed by atoms with Gasteiger partial charge in [-0.25, -0.2) is 14.3 Å². The van der Waals surface area contributed by atoms with Gasteiger partial charge in [0.2, 0.25) is 0 Å². The predicted molar refractivity (Wildman–Crippen MR) is 138 cm³/mol. The van der Waals surface area contributed by atoms with Crippen molar-refractivity contribution in [2.45, 2.75) is 44.9 Å². The molecular formula is C27H28N8O2. The first-order valence-corrected chi connectivity index (χ1v) is 12.3. The highest BCUT2D eigenvalue weighted by atomic mass is 16.6. The molecule has 2 unspecified atom stereocenters. The Labute approximate surface area is 214 Å². The van der Waals surface area contributed by atoms with E-state index in [2.05, 4.69) is 27.2 Å². The van der Waals surface area contributed by atoms with Gasteiger partial charge in [-0.1, -0.05) is 0 Å². The lowest BCUT2D eigenvalue weighted by atomic mass is 9.87. The lowest BCUT2D eigenvalue weighted by Crippen LogP contribution is -2.70. The van der Waals surface area contributed by atoms with Crippen LogP contribution >= 0.6 is 0 Å². The fraction of sp³-hybridized carbons (Fsp3) is 0.370. The lowest BCUT2D eigenvalue weighted by Gasteiger charge is -2.56. The standard InChI is InChI=1S/C27H28N8O2/c1-27(2,3)37-26(36)33-15-21-8-22(16-33)35(21)24-6-5-17(10-29-24)23-7-18(20-12-30-32(4)13-20)14-34-25(23)19(9-28)11-31-34/h5-7,10-14,21-22H,8,15-16H2,1-4H3. The number of fused-ring (bicyclic) bond motifs is 3. The minimum Gasteiger partial charge on any atom is -0.444 e. The molecule has 2 aliphatic heterocycles.